The van der Waals surface area contributed by atoms with Crippen LogP contribution in [0.3, 0.4) is 0 Å². The maximum atomic E-state index is 11.0. The van der Waals surface area contributed by atoms with E-state index in [1.165, 1.54) is 19.5 Å². The summed E-state index contributed by atoms with van der Waals surface area (Å²) in [7, 11) is 0. The molecule has 0 saturated carbocycles. The van der Waals surface area contributed by atoms with E-state index in [-0.39, 0.29) is 0 Å². The predicted octanol–water partition coefficient (Wildman–Crippen LogP) is 3.25. The molecule has 0 aromatic heterocycles. The third-order valence-corrected chi connectivity index (χ3v) is 4.35. The number of nitrogens with zero attached hydrogens (tertiary/aromatic N) is 1. The number of hydrogen-bond donors (Lipinski definition) is 1. The Morgan fingerprint density at radius 2 is 1.89 bits per heavy atom. The number of aliphatic carboxylic acids is 1. The number of carboxylic acids is 1. The molecule has 1 rings (SSSR count). The summed E-state index contributed by atoms with van der Waals surface area (Å²) >= 11 is 0. The Morgan fingerprint density at radius 3 is 2.33 bits per heavy atom. The van der Waals surface area contributed by atoms with E-state index in [4.69, 9.17) is 5.11 Å². The topological polar surface area (TPSA) is 40.5 Å². The number of carboxylic acid groups (broad SMARTS) is 1. The lowest BCUT2D eigenvalue weighted by Gasteiger charge is -2.27. The molecular formula is C15H29NO2. The second kappa shape index (κ2) is 5.60. The molecule has 1 saturated heterocycles. The van der Waals surface area contributed by atoms with Crippen LogP contribution < -0.4 is 0 Å². The lowest BCUT2D eigenvalue weighted by atomic mass is 9.80. The average molecular weight is 255 g/mol. The average Bonchev–Trinajstić information content (AvgIpc) is 2.65. The van der Waals surface area contributed by atoms with Gasteiger partial charge in [0.2, 0.25) is 0 Å². The Kier molecular flexibility index (Phi) is 4.82. The van der Waals surface area contributed by atoms with Gasteiger partial charge in [-0.2, -0.15) is 0 Å². The molecular weight excluding hydrogens is 226 g/mol. The summed E-state index contributed by atoms with van der Waals surface area (Å²) < 4.78 is 0. The van der Waals surface area contributed by atoms with Crippen molar-refractivity contribution >= 4 is 5.97 Å². The van der Waals surface area contributed by atoms with Gasteiger partial charge in [-0.3, -0.25) is 4.79 Å². The number of hydrogen-bond acceptors (Lipinski definition) is 2. The zero-order chi connectivity index (χ0) is 14.0. The molecule has 1 aliphatic heterocycles. The molecule has 1 unspecified atom stereocenters. The zero-order valence-electron chi connectivity index (χ0n) is 12.6. The highest BCUT2D eigenvalue weighted by Crippen LogP contribution is 2.33. The van der Waals surface area contributed by atoms with Gasteiger partial charge in [0.05, 0.1) is 5.41 Å². The summed E-state index contributed by atoms with van der Waals surface area (Å²) in [5, 5.41) is 9.07. The highest BCUT2D eigenvalue weighted by molar-refractivity contribution is 5.73. The van der Waals surface area contributed by atoms with Crippen molar-refractivity contribution in [1.82, 2.24) is 4.90 Å². The third kappa shape index (κ3) is 4.27. The molecule has 1 atom stereocenters. The minimum absolute atomic E-state index is 0.398. The molecule has 0 aromatic rings. The van der Waals surface area contributed by atoms with Crippen molar-refractivity contribution in [2.75, 3.05) is 19.6 Å². The molecule has 1 fully saturated rings. The summed E-state index contributed by atoms with van der Waals surface area (Å²) in [6.07, 6.45) is 3.03. The second-order valence-electron chi connectivity index (χ2n) is 7.44. The molecule has 0 aromatic carbocycles. The fourth-order valence-corrected chi connectivity index (χ4v) is 2.59. The summed E-state index contributed by atoms with van der Waals surface area (Å²) in [6.45, 7) is 14.0. The molecule has 0 bridgehead atoms. The maximum Gasteiger partial charge on any atom is 0.309 e. The third-order valence-electron chi connectivity index (χ3n) is 4.35. The largest absolute Gasteiger partial charge is 0.481 e. The van der Waals surface area contributed by atoms with E-state index in [0.717, 1.165) is 25.3 Å². The van der Waals surface area contributed by atoms with E-state index >= 15 is 0 Å². The predicted molar refractivity (Wildman–Crippen MR) is 74.7 cm³/mol. The molecule has 3 nitrogen and oxygen atoms in total. The molecule has 0 spiro atoms. The van der Waals surface area contributed by atoms with Crippen molar-refractivity contribution in [3.05, 3.63) is 0 Å². The Morgan fingerprint density at radius 1 is 1.28 bits per heavy atom. The van der Waals surface area contributed by atoms with Crippen molar-refractivity contribution in [2.45, 2.75) is 53.9 Å². The lowest BCUT2D eigenvalue weighted by Crippen LogP contribution is -2.29. The van der Waals surface area contributed by atoms with E-state index in [2.05, 4.69) is 25.7 Å². The van der Waals surface area contributed by atoms with Crippen LogP contribution in [0.1, 0.15) is 53.9 Å². The Labute approximate surface area is 112 Å². The van der Waals surface area contributed by atoms with Gasteiger partial charge in [-0.25, -0.2) is 0 Å². The minimum Gasteiger partial charge on any atom is -0.481 e. The van der Waals surface area contributed by atoms with Gasteiger partial charge in [-0.15, -0.1) is 0 Å². The van der Waals surface area contributed by atoms with Gasteiger partial charge in [-0.1, -0.05) is 20.8 Å². The highest BCUT2D eigenvalue weighted by atomic mass is 16.4. The van der Waals surface area contributed by atoms with E-state index < -0.39 is 11.4 Å². The van der Waals surface area contributed by atoms with Crippen molar-refractivity contribution < 1.29 is 9.90 Å². The molecule has 0 radical (unpaired) electrons. The Bertz CT molecular complexity index is 291. The first-order valence-corrected chi connectivity index (χ1v) is 7.09. The van der Waals surface area contributed by atoms with Gasteiger partial charge in [0.15, 0.2) is 0 Å². The van der Waals surface area contributed by atoms with Gasteiger partial charge in [-0.05, 0) is 57.5 Å². The summed E-state index contributed by atoms with van der Waals surface area (Å²) in [5.41, 5.74) is -0.182. The molecule has 18 heavy (non-hydrogen) atoms. The number of rotatable bonds is 5. The lowest BCUT2D eigenvalue weighted by molar-refractivity contribution is -0.147. The van der Waals surface area contributed by atoms with Gasteiger partial charge < -0.3 is 10.0 Å². The zero-order valence-corrected chi connectivity index (χ0v) is 12.6. The second-order valence-corrected chi connectivity index (χ2v) is 7.44. The van der Waals surface area contributed by atoms with Crippen molar-refractivity contribution in [1.29, 1.82) is 0 Å². The van der Waals surface area contributed by atoms with Crippen LogP contribution in [0.5, 0.6) is 0 Å². The first-order valence-electron chi connectivity index (χ1n) is 7.09. The monoisotopic (exact) mass is 255 g/mol. The first kappa shape index (κ1) is 15.5. The van der Waals surface area contributed by atoms with E-state index in [9.17, 15) is 4.79 Å². The molecule has 1 N–H and O–H groups in total. The number of carbonyl (C=O) groups is 1. The SMILES string of the molecule is CC(C)(CCCN1CCC(C(C)(C)C)C1)C(=O)O. The van der Waals surface area contributed by atoms with Crippen LogP contribution in [0.25, 0.3) is 0 Å². The van der Waals surface area contributed by atoms with E-state index in [1.54, 1.807) is 0 Å². The smallest absolute Gasteiger partial charge is 0.309 e. The van der Waals surface area contributed by atoms with Gasteiger partial charge >= 0.3 is 5.97 Å². The van der Waals surface area contributed by atoms with E-state index in [1.807, 2.05) is 13.8 Å². The highest BCUT2D eigenvalue weighted by Gasteiger charge is 2.32. The fourth-order valence-electron chi connectivity index (χ4n) is 2.59. The van der Waals surface area contributed by atoms with Crippen LogP contribution >= 0.6 is 0 Å². The van der Waals surface area contributed by atoms with Crippen LogP contribution in [0.4, 0.5) is 0 Å². The molecule has 3 heteroatoms. The summed E-state index contributed by atoms with van der Waals surface area (Å²) in [6, 6.07) is 0. The quantitative estimate of drug-likeness (QED) is 0.820. The molecule has 106 valence electrons. The van der Waals surface area contributed by atoms with E-state index in [0.29, 0.717) is 5.41 Å². The van der Waals surface area contributed by atoms with Gasteiger partial charge in [0.25, 0.3) is 0 Å². The maximum absolute atomic E-state index is 11.0. The normalized spacial score (nSPS) is 22.4. The van der Waals surface area contributed by atoms with Crippen LogP contribution in [-0.2, 0) is 4.79 Å². The van der Waals surface area contributed by atoms with Crippen LogP contribution in [-0.4, -0.2) is 35.6 Å². The molecule has 1 aliphatic rings. The standard InChI is InChI=1S/C15H29NO2/c1-14(2,3)12-7-10-16(11-12)9-6-8-15(4,5)13(17)18/h12H,6-11H2,1-5H3,(H,17,18). The van der Waals surface area contributed by atoms with Crippen LogP contribution in [0.15, 0.2) is 0 Å². The van der Waals surface area contributed by atoms with Crippen molar-refractivity contribution in [2.24, 2.45) is 16.7 Å². The number of likely N-dealkylation sites (tertiary alicyclic amines) is 1. The minimum atomic E-state index is -0.684. The summed E-state index contributed by atoms with van der Waals surface area (Å²) in [5.74, 6) is 0.0986. The molecule has 1 heterocycles. The summed E-state index contributed by atoms with van der Waals surface area (Å²) in [4.78, 5) is 13.5. The molecule has 0 aliphatic carbocycles. The van der Waals surface area contributed by atoms with Crippen molar-refractivity contribution in [3.63, 3.8) is 0 Å². The van der Waals surface area contributed by atoms with Crippen LogP contribution in [0, 0.1) is 16.7 Å². The Hall–Kier alpha value is -0.570. The fraction of sp³-hybridized carbons (Fsp3) is 0.933. The molecule has 0 amide bonds. The van der Waals surface area contributed by atoms with Gasteiger partial charge in [0, 0.05) is 6.54 Å². The first-order chi connectivity index (χ1) is 8.13. The van der Waals surface area contributed by atoms with Gasteiger partial charge in [0.1, 0.15) is 0 Å². The van der Waals surface area contributed by atoms with Crippen molar-refractivity contribution in [3.8, 4) is 0 Å². The Balaban J connectivity index is 2.29. The van der Waals surface area contributed by atoms with Crippen LogP contribution in [0.2, 0.25) is 0 Å².